The number of rotatable bonds is 4. The summed E-state index contributed by atoms with van der Waals surface area (Å²) in [5.74, 6) is 0.340. The summed E-state index contributed by atoms with van der Waals surface area (Å²) in [6.07, 6.45) is 4.13. The first-order valence-corrected chi connectivity index (χ1v) is 8.81. The van der Waals surface area contributed by atoms with Crippen LogP contribution in [0.3, 0.4) is 0 Å². The molecule has 1 fully saturated rings. The van der Waals surface area contributed by atoms with Gasteiger partial charge in [-0.1, -0.05) is 44.2 Å². The van der Waals surface area contributed by atoms with Crippen LogP contribution in [0, 0.1) is 5.92 Å². The van der Waals surface area contributed by atoms with Crippen molar-refractivity contribution in [2.45, 2.75) is 38.8 Å². The first-order chi connectivity index (χ1) is 11.6. The minimum absolute atomic E-state index is 0.0355. The van der Waals surface area contributed by atoms with Crippen LogP contribution in [0.25, 0.3) is 0 Å². The van der Waals surface area contributed by atoms with Crippen molar-refractivity contribution in [3.63, 3.8) is 0 Å². The van der Waals surface area contributed by atoms with E-state index in [4.69, 9.17) is 0 Å². The lowest BCUT2D eigenvalue weighted by Gasteiger charge is -2.30. The van der Waals surface area contributed by atoms with Crippen LogP contribution in [0.1, 0.15) is 50.0 Å². The van der Waals surface area contributed by atoms with Crippen LogP contribution in [0.15, 0.2) is 48.7 Å². The van der Waals surface area contributed by atoms with E-state index in [1.54, 1.807) is 0 Å². The van der Waals surface area contributed by atoms with E-state index in [1.807, 2.05) is 42.4 Å². The fourth-order valence-corrected chi connectivity index (χ4v) is 3.65. The topological polar surface area (TPSA) is 37.3 Å². The summed E-state index contributed by atoms with van der Waals surface area (Å²) in [7, 11) is 2.05. The number of carbonyl (C=O) groups is 1. The molecular weight excluding hydrogens is 298 g/mol. The van der Waals surface area contributed by atoms with Gasteiger partial charge in [-0.25, -0.2) is 4.79 Å². The standard InChI is InChI=1S/C20H27N3O/c1-15(2)19(16-9-5-4-6-10-16)21-20(24)23-14-8-12-18(23)17-11-7-13-22(17)3/h4-7,9-11,13,15,18-19H,8,12,14H2,1-3H3,(H,21,24). The Kier molecular flexibility index (Phi) is 4.93. The molecular formula is C20H27N3O. The molecule has 1 N–H and O–H groups in total. The number of benzene rings is 1. The Bertz CT molecular complexity index is 677. The van der Waals surface area contributed by atoms with Gasteiger partial charge in [0.2, 0.25) is 0 Å². The highest BCUT2D eigenvalue weighted by molar-refractivity contribution is 5.75. The summed E-state index contributed by atoms with van der Waals surface area (Å²) in [4.78, 5) is 14.9. The van der Waals surface area contributed by atoms with E-state index in [0.717, 1.165) is 24.9 Å². The molecule has 3 rings (SSSR count). The van der Waals surface area contributed by atoms with Gasteiger partial charge in [-0.3, -0.25) is 0 Å². The van der Waals surface area contributed by atoms with Crippen LogP contribution >= 0.6 is 0 Å². The van der Waals surface area contributed by atoms with Gasteiger partial charge in [0.1, 0.15) is 0 Å². The maximum Gasteiger partial charge on any atom is 0.318 e. The number of aryl methyl sites for hydroxylation is 1. The second-order valence-electron chi connectivity index (χ2n) is 6.98. The summed E-state index contributed by atoms with van der Waals surface area (Å²) in [5, 5.41) is 3.26. The van der Waals surface area contributed by atoms with Gasteiger partial charge in [0.15, 0.2) is 0 Å². The van der Waals surface area contributed by atoms with Crippen molar-refractivity contribution in [2.24, 2.45) is 13.0 Å². The number of aromatic nitrogens is 1. The Hall–Kier alpha value is -2.23. The Labute approximate surface area is 144 Å². The van der Waals surface area contributed by atoms with Gasteiger partial charge in [-0.2, -0.15) is 0 Å². The molecule has 1 saturated heterocycles. The molecule has 2 aromatic rings. The molecule has 2 atom stereocenters. The lowest BCUT2D eigenvalue weighted by molar-refractivity contribution is 0.183. The van der Waals surface area contributed by atoms with Crippen molar-refractivity contribution in [1.82, 2.24) is 14.8 Å². The number of nitrogens with one attached hydrogen (secondary N) is 1. The fraction of sp³-hybridized carbons (Fsp3) is 0.450. The van der Waals surface area contributed by atoms with Crippen molar-refractivity contribution in [1.29, 1.82) is 0 Å². The molecule has 2 heterocycles. The maximum absolute atomic E-state index is 13.0. The highest BCUT2D eigenvalue weighted by Crippen LogP contribution is 2.32. The van der Waals surface area contributed by atoms with Crippen molar-refractivity contribution in [2.75, 3.05) is 6.54 Å². The van der Waals surface area contributed by atoms with E-state index in [9.17, 15) is 4.79 Å². The van der Waals surface area contributed by atoms with Crippen LogP contribution < -0.4 is 5.32 Å². The van der Waals surface area contributed by atoms with Crippen LogP contribution in [0.2, 0.25) is 0 Å². The summed E-state index contributed by atoms with van der Waals surface area (Å²) in [6.45, 7) is 5.12. The van der Waals surface area contributed by atoms with Gasteiger partial charge >= 0.3 is 6.03 Å². The van der Waals surface area contributed by atoms with Crippen molar-refractivity contribution >= 4 is 6.03 Å². The van der Waals surface area contributed by atoms with E-state index in [2.05, 4.69) is 41.9 Å². The van der Waals surface area contributed by atoms with Crippen LogP contribution in [0.4, 0.5) is 4.79 Å². The van der Waals surface area contributed by atoms with Crippen molar-refractivity contribution in [3.8, 4) is 0 Å². The third-order valence-corrected chi connectivity index (χ3v) is 4.94. The van der Waals surface area contributed by atoms with Gasteiger partial charge in [0.25, 0.3) is 0 Å². The predicted octanol–water partition coefficient (Wildman–Crippen LogP) is 4.27. The second-order valence-corrected chi connectivity index (χ2v) is 6.98. The molecule has 1 aliphatic heterocycles. The van der Waals surface area contributed by atoms with E-state index < -0.39 is 0 Å². The SMILES string of the molecule is CC(C)C(NC(=O)N1CCCC1c1cccn1C)c1ccccc1. The zero-order valence-corrected chi connectivity index (χ0v) is 14.8. The molecule has 4 nitrogen and oxygen atoms in total. The highest BCUT2D eigenvalue weighted by Gasteiger charge is 2.32. The average Bonchev–Trinajstić information content (AvgIpc) is 3.21. The van der Waals surface area contributed by atoms with Crippen LogP contribution in [0.5, 0.6) is 0 Å². The summed E-state index contributed by atoms with van der Waals surface area (Å²) in [6, 6.07) is 14.7. The van der Waals surface area contributed by atoms with Gasteiger partial charge in [-0.15, -0.1) is 0 Å². The van der Waals surface area contributed by atoms with Gasteiger partial charge in [0.05, 0.1) is 12.1 Å². The van der Waals surface area contributed by atoms with E-state index >= 15 is 0 Å². The zero-order valence-electron chi connectivity index (χ0n) is 14.8. The minimum atomic E-state index is 0.0355. The third-order valence-electron chi connectivity index (χ3n) is 4.94. The third kappa shape index (κ3) is 3.32. The molecule has 1 aromatic heterocycles. The molecule has 24 heavy (non-hydrogen) atoms. The lowest BCUT2D eigenvalue weighted by Crippen LogP contribution is -2.42. The first kappa shape index (κ1) is 16.6. The highest BCUT2D eigenvalue weighted by atomic mass is 16.2. The Morgan fingerprint density at radius 2 is 1.92 bits per heavy atom. The quantitative estimate of drug-likeness (QED) is 0.895. The molecule has 2 amide bonds. The van der Waals surface area contributed by atoms with Crippen molar-refractivity contribution < 1.29 is 4.79 Å². The van der Waals surface area contributed by atoms with E-state index in [-0.39, 0.29) is 18.1 Å². The Morgan fingerprint density at radius 3 is 2.54 bits per heavy atom. The molecule has 1 aromatic carbocycles. The fourth-order valence-electron chi connectivity index (χ4n) is 3.65. The average molecular weight is 325 g/mol. The number of nitrogens with zero attached hydrogens (tertiary/aromatic N) is 2. The minimum Gasteiger partial charge on any atom is -0.353 e. The van der Waals surface area contributed by atoms with Crippen LogP contribution in [-0.4, -0.2) is 22.0 Å². The number of amides is 2. The normalized spacial score (nSPS) is 18.8. The summed E-state index contributed by atoms with van der Waals surface area (Å²) in [5.41, 5.74) is 2.37. The zero-order chi connectivity index (χ0) is 17.1. The monoisotopic (exact) mass is 325 g/mol. The van der Waals surface area contributed by atoms with Crippen molar-refractivity contribution in [3.05, 3.63) is 59.9 Å². The maximum atomic E-state index is 13.0. The van der Waals surface area contributed by atoms with Gasteiger partial charge in [0, 0.05) is 25.5 Å². The number of hydrogen-bond acceptors (Lipinski definition) is 1. The summed E-state index contributed by atoms with van der Waals surface area (Å²) < 4.78 is 2.12. The largest absolute Gasteiger partial charge is 0.353 e. The molecule has 4 heteroatoms. The molecule has 2 unspecified atom stereocenters. The number of urea groups is 1. The predicted molar refractivity (Wildman–Crippen MR) is 96.6 cm³/mol. The van der Waals surface area contributed by atoms with E-state index in [0.29, 0.717) is 5.92 Å². The number of carbonyl (C=O) groups excluding carboxylic acids is 1. The van der Waals surface area contributed by atoms with Gasteiger partial charge < -0.3 is 14.8 Å². The molecule has 0 aliphatic carbocycles. The molecule has 1 aliphatic rings. The number of likely N-dealkylation sites (tertiary alicyclic amines) is 1. The van der Waals surface area contributed by atoms with Gasteiger partial charge in [-0.05, 0) is 36.5 Å². The first-order valence-electron chi connectivity index (χ1n) is 8.81. The smallest absolute Gasteiger partial charge is 0.318 e. The molecule has 128 valence electrons. The summed E-state index contributed by atoms with van der Waals surface area (Å²) >= 11 is 0. The lowest BCUT2D eigenvalue weighted by atomic mass is 9.96. The van der Waals surface area contributed by atoms with Crippen LogP contribution in [-0.2, 0) is 7.05 Å². The Balaban J connectivity index is 1.76. The second kappa shape index (κ2) is 7.12. The molecule has 0 spiro atoms. The number of hydrogen-bond donors (Lipinski definition) is 1. The molecule has 0 saturated carbocycles. The molecule has 0 radical (unpaired) electrons. The molecule has 0 bridgehead atoms. The van der Waals surface area contributed by atoms with E-state index in [1.165, 1.54) is 5.69 Å². The Morgan fingerprint density at radius 1 is 1.17 bits per heavy atom.